The Balaban J connectivity index is 3.69. The fraction of sp³-hybridized carbons (Fsp3) is 0.778. The fourth-order valence-corrected chi connectivity index (χ4v) is 1.04. The van der Waals surface area contributed by atoms with Crippen molar-refractivity contribution in [3.8, 4) is 0 Å². The van der Waals surface area contributed by atoms with Crippen molar-refractivity contribution in [3.05, 3.63) is 22.1 Å². The molecule has 0 atom stereocenters. The quantitative estimate of drug-likeness (QED) is 0.370. The summed E-state index contributed by atoms with van der Waals surface area (Å²) in [7, 11) is 1.66. The Hall–Kier alpha value is -1.26. The van der Waals surface area contributed by atoms with Crippen molar-refractivity contribution in [2.75, 3.05) is 13.6 Å². The number of hydrogen-bond donors (Lipinski definition) is 2. The van der Waals surface area contributed by atoms with Crippen LogP contribution < -0.4 is 10.6 Å². The molecule has 0 unspecified atom stereocenters. The van der Waals surface area contributed by atoms with Crippen LogP contribution in [0.5, 0.6) is 0 Å². The SMILES string of the molecule is CN/C(=C\[N+](=O)[O-])NCCCC(C)C. The molecular weight excluding hydrogens is 182 g/mol. The van der Waals surface area contributed by atoms with E-state index in [1.807, 2.05) is 0 Å². The molecule has 0 amide bonds. The zero-order valence-corrected chi connectivity index (χ0v) is 9.04. The highest BCUT2D eigenvalue weighted by Gasteiger charge is 1.99. The normalized spacial score (nSPS) is 11.6. The third-order valence-corrected chi connectivity index (χ3v) is 1.78. The second-order valence-corrected chi connectivity index (χ2v) is 3.54. The van der Waals surface area contributed by atoms with Crippen LogP contribution in [-0.2, 0) is 0 Å². The Labute approximate surface area is 84.7 Å². The van der Waals surface area contributed by atoms with Crippen LogP contribution >= 0.6 is 0 Å². The predicted octanol–water partition coefficient (Wildman–Crippen LogP) is 1.31. The molecule has 0 fully saturated rings. The Morgan fingerprint density at radius 3 is 2.64 bits per heavy atom. The molecule has 5 nitrogen and oxygen atoms in total. The van der Waals surface area contributed by atoms with Crippen molar-refractivity contribution >= 4 is 0 Å². The van der Waals surface area contributed by atoms with Crippen LogP contribution in [0, 0.1) is 16.0 Å². The van der Waals surface area contributed by atoms with Gasteiger partial charge in [0.25, 0.3) is 6.20 Å². The number of nitrogens with one attached hydrogen (secondary N) is 2. The molecule has 0 aliphatic carbocycles. The molecule has 0 heterocycles. The third-order valence-electron chi connectivity index (χ3n) is 1.78. The van der Waals surface area contributed by atoms with Crippen LogP contribution in [0.25, 0.3) is 0 Å². The molecule has 0 saturated heterocycles. The van der Waals surface area contributed by atoms with Crippen LogP contribution in [0.3, 0.4) is 0 Å². The van der Waals surface area contributed by atoms with Gasteiger partial charge in [0.05, 0.1) is 4.92 Å². The summed E-state index contributed by atoms with van der Waals surface area (Å²) in [5.74, 6) is 1.13. The van der Waals surface area contributed by atoms with Gasteiger partial charge in [-0.3, -0.25) is 10.1 Å². The summed E-state index contributed by atoms with van der Waals surface area (Å²) in [5.41, 5.74) is 0. The van der Waals surface area contributed by atoms with Crippen molar-refractivity contribution in [1.82, 2.24) is 10.6 Å². The van der Waals surface area contributed by atoms with Gasteiger partial charge in [0.15, 0.2) is 5.82 Å². The van der Waals surface area contributed by atoms with Gasteiger partial charge >= 0.3 is 0 Å². The van der Waals surface area contributed by atoms with E-state index in [0.717, 1.165) is 25.6 Å². The lowest BCUT2D eigenvalue weighted by Crippen LogP contribution is -2.25. The number of rotatable bonds is 7. The summed E-state index contributed by atoms with van der Waals surface area (Å²) in [6, 6.07) is 0. The topological polar surface area (TPSA) is 67.2 Å². The maximum Gasteiger partial charge on any atom is 0.274 e. The lowest BCUT2D eigenvalue weighted by atomic mass is 10.1. The van der Waals surface area contributed by atoms with Crippen LogP contribution in [-0.4, -0.2) is 18.5 Å². The largest absolute Gasteiger partial charge is 0.370 e. The standard InChI is InChI=1S/C9H19N3O2/c1-8(2)5-4-6-11-9(10-3)7-12(13)14/h7-8,10-11H,4-6H2,1-3H3/b9-7+. The number of hydrogen-bond acceptors (Lipinski definition) is 4. The third kappa shape index (κ3) is 7.39. The van der Waals surface area contributed by atoms with Gasteiger partial charge in [-0.2, -0.15) is 0 Å². The molecule has 0 aliphatic heterocycles. The zero-order chi connectivity index (χ0) is 11.0. The second-order valence-electron chi connectivity index (χ2n) is 3.54. The van der Waals surface area contributed by atoms with Gasteiger partial charge in [0.1, 0.15) is 0 Å². The second kappa shape index (κ2) is 7.17. The highest BCUT2D eigenvalue weighted by Crippen LogP contribution is 2.01. The molecule has 0 aromatic carbocycles. The Morgan fingerprint density at radius 2 is 2.21 bits per heavy atom. The summed E-state index contributed by atoms with van der Waals surface area (Å²) in [6.07, 6.45) is 3.09. The molecule has 0 bridgehead atoms. The Morgan fingerprint density at radius 1 is 1.57 bits per heavy atom. The molecule has 0 radical (unpaired) electrons. The first-order valence-electron chi connectivity index (χ1n) is 4.83. The zero-order valence-electron chi connectivity index (χ0n) is 9.04. The van der Waals surface area contributed by atoms with E-state index in [4.69, 9.17) is 0 Å². The van der Waals surface area contributed by atoms with E-state index in [0.29, 0.717) is 11.7 Å². The summed E-state index contributed by atoms with van der Waals surface area (Å²) in [5, 5.41) is 15.9. The summed E-state index contributed by atoms with van der Waals surface area (Å²) in [4.78, 5) is 9.69. The molecular formula is C9H19N3O2. The van der Waals surface area contributed by atoms with Gasteiger partial charge in [-0.15, -0.1) is 0 Å². The molecule has 0 aliphatic rings. The maximum atomic E-state index is 10.2. The Kier molecular flexibility index (Phi) is 6.53. The fourth-order valence-electron chi connectivity index (χ4n) is 1.04. The first-order chi connectivity index (χ1) is 6.56. The molecule has 0 rings (SSSR count). The minimum atomic E-state index is -0.471. The summed E-state index contributed by atoms with van der Waals surface area (Å²) in [6.45, 7) is 5.08. The van der Waals surface area contributed by atoms with E-state index in [1.54, 1.807) is 7.05 Å². The Bertz CT molecular complexity index is 202. The molecule has 2 N–H and O–H groups in total. The van der Waals surface area contributed by atoms with Crippen LogP contribution in [0.2, 0.25) is 0 Å². The molecule has 0 aromatic rings. The van der Waals surface area contributed by atoms with Gasteiger partial charge in [0, 0.05) is 13.6 Å². The average molecular weight is 201 g/mol. The van der Waals surface area contributed by atoms with Crippen LogP contribution in [0.1, 0.15) is 26.7 Å². The van der Waals surface area contributed by atoms with E-state index in [1.165, 1.54) is 0 Å². The van der Waals surface area contributed by atoms with Crippen molar-refractivity contribution in [2.45, 2.75) is 26.7 Å². The minimum absolute atomic E-state index is 0.457. The predicted molar refractivity (Wildman–Crippen MR) is 56.2 cm³/mol. The first kappa shape index (κ1) is 12.7. The highest BCUT2D eigenvalue weighted by molar-refractivity contribution is 4.89. The monoisotopic (exact) mass is 201 g/mol. The van der Waals surface area contributed by atoms with Gasteiger partial charge < -0.3 is 10.6 Å². The summed E-state index contributed by atoms with van der Waals surface area (Å²) >= 11 is 0. The van der Waals surface area contributed by atoms with Crippen molar-refractivity contribution < 1.29 is 4.92 Å². The highest BCUT2D eigenvalue weighted by atomic mass is 16.6. The number of nitro groups is 1. The van der Waals surface area contributed by atoms with E-state index >= 15 is 0 Å². The van der Waals surface area contributed by atoms with E-state index in [-0.39, 0.29) is 0 Å². The first-order valence-corrected chi connectivity index (χ1v) is 4.83. The van der Waals surface area contributed by atoms with Crippen LogP contribution in [0.15, 0.2) is 12.0 Å². The molecule has 14 heavy (non-hydrogen) atoms. The lowest BCUT2D eigenvalue weighted by Gasteiger charge is -2.08. The maximum absolute atomic E-state index is 10.2. The van der Waals surface area contributed by atoms with Crippen LogP contribution in [0.4, 0.5) is 0 Å². The van der Waals surface area contributed by atoms with Gasteiger partial charge in [-0.1, -0.05) is 13.8 Å². The molecule has 5 heteroatoms. The average Bonchev–Trinajstić information content (AvgIpc) is 2.09. The molecule has 0 spiro atoms. The van der Waals surface area contributed by atoms with Gasteiger partial charge in [-0.05, 0) is 18.8 Å². The van der Waals surface area contributed by atoms with E-state index < -0.39 is 4.92 Å². The van der Waals surface area contributed by atoms with E-state index in [2.05, 4.69) is 24.5 Å². The molecule has 0 aromatic heterocycles. The van der Waals surface area contributed by atoms with Crippen molar-refractivity contribution in [1.29, 1.82) is 0 Å². The van der Waals surface area contributed by atoms with Gasteiger partial charge in [0.2, 0.25) is 0 Å². The summed E-state index contributed by atoms with van der Waals surface area (Å²) < 4.78 is 0. The minimum Gasteiger partial charge on any atom is -0.370 e. The van der Waals surface area contributed by atoms with Crippen molar-refractivity contribution in [2.24, 2.45) is 5.92 Å². The lowest BCUT2D eigenvalue weighted by molar-refractivity contribution is -0.404. The molecule has 0 saturated carbocycles. The molecule has 82 valence electrons. The van der Waals surface area contributed by atoms with Crippen molar-refractivity contribution in [3.63, 3.8) is 0 Å². The number of nitrogens with zero attached hydrogens (tertiary/aromatic N) is 1. The van der Waals surface area contributed by atoms with E-state index in [9.17, 15) is 10.1 Å². The van der Waals surface area contributed by atoms with Gasteiger partial charge in [-0.25, -0.2) is 0 Å². The smallest absolute Gasteiger partial charge is 0.274 e.